The Hall–Kier alpha value is -2.05. The molecule has 62 heavy (non-hydrogen) atoms. The molecule has 0 unspecified atom stereocenters. The van der Waals surface area contributed by atoms with Crippen LogP contribution in [0, 0.1) is 23.7 Å². The van der Waals surface area contributed by atoms with E-state index in [1.165, 1.54) is 0 Å². The van der Waals surface area contributed by atoms with Crippen LogP contribution in [0.1, 0.15) is 107 Å². The Morgan fingerprint density at radius 3 is 2.35 bits per heavy atom. The van der Waals surface area contributed by atoms with Gasteiger partial charge in [-0.1, -0.05) is 64.5 Å². The minimum atomic E-state index is -1.82. The van der Waals surface area contributed by atoms with Gasteiger partial charge in [-0.25, -0.2) is 0 Å². The number of carbonyl (C=O) groups excluding carboxylic acids is 1. The van der Waals surface area contributed by atoms with Crippen molar-refractivity contribution in [3.8, 4) is 0 Å². The number of esters is 1. The van der Waals surface area contributed by atoms with Gasteiger partial charge in [-0.15, -0.1) is 0 Å². The summed E-state index contributed by atoms with van der Waals surface area (Å²) in [6.07, 6.45) is 6.53. The Morgan fingerprint density at radius 2 is 1.63 bits per heavy atom. The van der Waals surface area contributed by atoms with E-state index in [1.807, 2.05) is 19.1 Å². The molecule has 0 aromatic carbocycles. The maximum Gasteiger partial charge on any atom is 0.316 e. The number of methoxy groups -OCH3 is 2. The first kappa shape index (κ1) is 47.9. The summed E-state index contributed by atoms with van der Waals surface area (Å²) >= 11 is 0. The Labute approximate surface area is 368 Å². The van der Waals surface area contributed by atoms with Crippen LogP contribution >= 0.6 is 0 Å². The summed E-state index contributed by atoms with van der Waals surface area (Å²) in [6.45, 7) is 16.3. The third-order valence-corrected chi connectivity index (χ3v) is 14.9. The fourth-order valence-corrected chi connectivity index (χ4v) is 11.0. The van der Waals surface area contributed by atoms with Crippen LogP contribution in [0.3, 0.4) is 0 Å². The van der Waals surface area contributed by atoms with Crippen LogP contribution in [0.25, 0.3) is 0 Å². The molecule has 14 heteroatoms. The molecule has 7 aliphatic rings. The summed E-state index contributed by atoms with van der Waals surface area (Å²) < 4.78 is 63.9. The van der Waals surface area contributed by atoms with E-state index in [1.54, 1.807) is 40.2 Å². The average Bonchev–Trinajstić information content (AvgIpc) is 3.58. The number of rotatable bonds is 8. The van der Waals surface area contributed by atoms with Crippen molar-refractivity contribution in [2.75, 3.05) is 20.8 Å². The molecule has 6 heterocycles. The number of hydrogen-bond donors (Lipinski definition) is 3. The molecule has 20 atom stereocenters. The van der Waals surface area contributed by atoms with E-state index in [0.717, 1.165) is 18.4 Å². The molecule has 7 rings (SSSR count). The Balaban J connectivity index is 1.18. The lowest BCUT2D eigenvalue weighted by molar-refractivity contribution is -0.340. The molecule has 0 radical (unpaired) electrons. The minimum absolute atomic E-state index is 0.00708. The van der Waals surface area contributed by atoms with Gasteiger partial charge in [-0.05, 0) is 69.1 Å². The number of hydrogen-bond acceptors (Lipinski definition) is 14. The first-order valence-electron chi connectivity index (χ1n) is 23.2. The largest absolute Gasteiger partial charge is 0.462 e. The molecule has 1 spiro atoms. The monoisotopic (exact) mass is 875 g/mol. The second-order valence-electron chi connectivity index (χ2n) is 19.4. The SMILES string of the molecule is CC[C@H](C)[C@H]1O[C@]2(CC[C@@H]1C)C[C@@H]1C[C@@H](C/C=C(\C)[C@@H](O[C@H]3C[C@H](OC)[C@H](O[C@H]4C[C@H](OC)[C@H](O)[C@H](C)O4)[C@H](C)O3)[C@@H](C)/C=C/C=C3\CO[C@@H]4[C@H](O)C(C)=C[C@@H](C(=O)O1)[C@]34O)O2. The van der Waals surface area contributed by atoms with Crippen molar-refractivity contribution in [2.45, 2.75) is 204 Å². The Morgan fingerprint density at radius 1 is 0.919 bits per heavy atom. The molecule has 0 saturated carbocycles. The number of carbonyl (C=O) groups is 1. The summed E-state index contributed by atoms with van der Waals surface area (Å²) in [5.74, 6) is -2.10. The predicted molar refractivity (Wildman–Crippen MR) is 227 cm³/mol. The molecular formula is C48H74O14. The molecule has 2 bridgehead atoms. The van der Waals surface area contributed by atoms with Crippen LogP contribution in [-0.4, -0.2) is 139 Å². The lowest BCUT2D eigenvalue weighted by Gasteiger charge is -2.51. The van der Waals surface area contributed by atoms with Crippen molar-refractivity contribution in [2.24, 2.45) is 23.7 Å². The van der Waals surface area contributed by atoms with Crippen molar-refractivity contribution < 1.29 is 67.5 Å². The molecule has 14 nitrogen and oxygen atoms in total. The van der Waals surface area contributed by atoms with E-state index >= 15 is 0 Å². The van der Waals surface area contributed by atoms with Gasteiger partial charge in [0.25, 0.3) is 0 Å². The summed E-state index contributed by atoms with van der Waals surface area (Å²) in [4.78, 5) is 14.4. The van der Waals surface area contributed by atoms with Crippen LogP contribution < -0.4 is 0 Å². The standard InChI is InChI=1S/C48H74O14/c1-11-25(2)43-28(5)17-18-47(62-43)23-34-20-33(61-47)16-15-27(4)42(26(3)13-12-14-32-24-55-45-40(49)29(6)19-35(46(51)58-34)48(32,45)52)59-39-22-37(54-10)44(31(8)57-39)60-38-21-36(53-9)41(50)30(7)56-38/h12-15,19,25-26,28,30-31,33-45,49-50,52H,11,16-18,20-24H2,1-10H3/b13-12+,27-15+,32-14+/t25-,26-,28-,30-,31-,33+,34-,35-,36-,37-,38-,39-,40+,41+,42-,43+,44+,45+,47+,48+/m0/s1. The van der Waals surface area contributed by atoms with Crippen molar-refractivity contribution in [1.82, 2.24) is 0 Å². The lowest BCUT2D eigenvalue weighted by Crippen LogP contribution is -2.58. The van der Waals surface area contributed by atoms with E-state index in [4.69, 9.17) is 47.4 Å². The van der Waals surface area contributed by atoms with Gasteiger partial charge in [0.15, 0.2) is 18.4 Å². The highest BCUT2D eigenvalue weighted by Gasteiger charge is 2.60. The zero-order valence-electron chi connectivity index (χ0n) is 38.5. The van der Waals surface area contributed by atoms with E-state index in [0.29, 0.717) is 61.5 Å². The molecule has 350 valence electrons. The fraction of sp³-hybridized carbons (Fsp3) is 0.812. The number of aliphatic hydroxyl groups is 3. The van der Waals surface area contributed by atoms with Crippen molar-refractivity contribution in [1.29, 1.82) is 0 Å². The minimum Gasteiger partial charge on any atom is -0.462 e. The zero-order valence-corrected chi connectivity index (χ0v) is 38.5. The summed E-state index contributed by atoms with van der Waals surface area (Å²) in [7, 11) is 3.23. The lowest BCUT2D eigenvalue weighted by atomic mass is 9.71. The molecule has 0 amide bonds. The van der Waals surface area contributed by atoms with Gasteiger partial charge < -0.3 is 62.7 Å². The van der Waals surface area contributed by atoms with Crippen molar-refractivity contribution in [3.05, 3.63) is 47.1 Å². The van der Waals surface area contributed by atoms with Gasteiger partial charge in [0.05, 0.1) is 49.3 Å². The van der Waals surface area contributed by atoms with Crippen LogP contribution in [0.4, 0.5) is 0 Å². The van der Waals surface area contributed by atoms with Crippen LogP contribution in [0.5, 0.6) is 0 Å². The summed E-state index contributed by atoms with van der Waals surface area (Å²) in [6, 6.07) is 0. The normalized spacial score (nSPS) is 49.4. The third kappa shape index (κ3) is 9.73. The van der Waals surface area contributed by atoms with Crippen LogP contribution in [0.2, 0.25) is 0 Å². The quantitative estimate of drug-likeness (QED) is 0.204. The average molecular weight is 875 g/mol. The maximum atomic E-state index is 14.4. The van der Waals surface area contributed by atoms with E-state index in [2.05, 4.69) is 40.7 Å². The zero-order chi connectivity index (χ0) is 44.7. The topological polar surface area (TPSA) is 170 Å². The highest BCUT2D eigenvalue weighted by molar-refractivity contribution is 5.78. The number of ether oxygens (including phenoxy) is 10. The van der Waals surface area contributed by atoms with Gasteiger partial charge in [0.1, 0.15) is 42.0 Å². The highest BCUT2D eigenvalue weighted by atomic mass is 16.7. The number of fused-ring (bicyclic) bond motifs is 2. The molecule has 6 aliphatic heterocycles. The van der Waals surface area contributed by atoms with Gasteiger partial charge in [-0.3, -0.25) is 4.79 Å². The second-order valence-corrected chi connectivity index (χ2v) is 19.4. The van der Waals surface area contributed by atoms with E-state index in [9.17, 15) is 20.1 Å². The highest BCUT2D eigenvalue weighted by Crippen LogP contribution is 2.48. The molecule has 3 N–H and O–H groups in total. The number of aliphatic hydroxyl groups excluding tert-OH is 2. The van der Waals surface area contributed by atoms with Gasteiger partial charge in [0, 0.05) is 52.2 Å². The number of allylic oxidation sites excluding steroid dienone is 2. The summed E-state index contributed by atoms with van der Waals surface area (Å²) in [5, 5.41) is 34.2. The van der Waals surface area contributed by atoms with Crippen LogP contribution in [-0.2, 0) is 52.2 Å². The molecule has 0 aromatic heterocycles. The van der Waals surface area contributed by atoms with Crippen molar-refractivity contribution in [3.63, 3.8) is 0 Å². The maximum absolute atomic E-state index is 14.4. The molecule has 5 saturated heterocycles. The summed E-state index contributed by atoms with van der Waals surface area (Å²) in [5.41, 5.74) is 0.188. The third-order valence-electron chi connectivity index (χ3n) is 14.9. The van der Waals surface area contributed by atoms with E-state index < -0.39 is 90.8 Å². The van der Waals surface area contributed by atoms with Gasteiger partial charge in [0.2, 0.25) is 0 Å². The molecule has 5 fully saturated rings. The molecular weight excluding hydrogens is 801 g/mol. The Kier molecular flexibility index (Phi) is 15.3. The van der Waals surface area contributed by atoms with E-state index in [-0.39, 0.29) is 30.8 Å². The van der Waals surface area contributed by atoms with Gasteiger partial charge in [-0.2, -0.15) is 0 Å². The molecule has 1 aliphatic carbocycles. The second kappa shape index (κ2) is 19.8. The fourth-order valence-electron chi connectivity index (χ4n) is 11.0. The van der Waals surface area contributed by atoms with Gasteiger partial charge >= 0.3 is 5.97 Å². The Bertz CT molecular complexity index is 1680. The molecule has 0 aromatic rings. The smallest absolute Gasteiger partial charge is 0.316 e. The predicted octanol–water partition coefficient (Wildman–Crippen LogP) is 5.60. The first-order chi connectivity index (χ1) is 29.5. The van der Waals surface area contributed by atoms with Crippen LogP contribution in [0.15, 0.2) is 47.1 Å². The van der Waals surface area contributed by atoms with Crippen molar-refractivity contribution >= 4 is 5.97 Å². The first-order valence-corrected chi connectivity index (χ1v) is 23.2.